The van der Waals surface area contributed by atoms with Gasteiger partial charge in [-0.1, -0.05) is 18.2 Å². The van der Waals surface area contributed by atoms with Crippen molar-refractivity contribution < 1.29 is 14.5 Å². The van der Waals surface area contributed by atoms with Gasteiger partial charge in [0.1, 0.15) is 5.75 Å². The summed E-state index contributed by atoms with van der Waals surface area (Å²) in [7, 11) is 0. The van der Waals surface area contributed by atoms with Gasteiger partial charge in [0, 0.05) is 17.7 Å². The number of rotatable bonds is 6. The molecule has 0 aliphatic rings. The van der Waals surface area contributed by atoms with Crippen molar-refractivity contribution in [2.75, 3.05) is 6.61 Å². The van der Waals surface area contributed by atoms with Gasteiger partial charge in [-0.15, -0.1) is 0 Å². The molecular formula is C17H15NO4. The maximum atomic E-state index is 12.0. The van der Waals surface area contributed by atoms with Gasteiger partial charge in [0.25, 0.3) is 5.69 Å². The van der Waals surface area contributed by atoms with Crippen LogP contribution in [0.2, 0.25) is 0 Å². The average molecular weight is 297 g/mol. The zero-order valence-electron chi connectivity index (χ0n) is 12.1. The number of benzene rings is 2. The maximum absolute atomic E-state index is 12.0. The van der Waals surface area contributed by atoms with Gasteiger partial charge in [-0.25, -0.2) is 0 Å². The molecule has 0 unspecified atom stereocenters. The van der Waals surface area contributed by atoms with Crippen molar-refractivity contribution in [1.29, 1.82) is 0 Å². The number of hydrogen-bond donors (Lipinski definition) is 0. The molecule has 0 heterocycles. The second-order valence-electron chi connectivity index (χ2n) is 4.51. The Balaban J connectivity index is 2.10. The Morgan fingerprint density at radius 1 is 1.23 bits per heavy atom. The smallest absolute Gasteiger partial charge is 0.269 e. The normalized spacial score (nSPS) is 10.6. The van der Waals surface area contributed by atoms with Gasteiger partial charge in [0.2, 0.25) is 0 Å². The van der Waals surface area contributed by atoms with Crippen molar-refractivity contribution in [3.05, 3.63) is 75.8 Å². The van der Waals surface area contributed by atoms with Crippen molar-refractivity contribution in [3.8, 4) is 5.75 Å². The van der Waals surface area contributed by atoms with E-state index in [-0.39, 0.29) is 11.5 Å². The first-order chi connectivity index (χ1) is 10.6. The minimum absolute atomic E-state index is 0.0371. The first kappa shape index (κ1) is 15.4. The molecule has 0 bridgehead atoms. The first-order valence-corrected chi connectivity index (χ1v) is 6.80. The van der Waals surface area contributed by atoms with Crippen molar-refractivity contribution in [3.63, 3.8) is 0 Å². The van der Waals surface area contributed by atoms with Crippen LogP contribution in [0, 0.1) is 10.1 Å². The molecule has 0 radical (unpaired) electrons. The molecule has 22 heavy (non-hydrogen) atoms. The van der Waals surface area contributed by atoms with Crippen LogP contribution in [0.1, 0.15) is 22.8 Å². The molecule has 2 aromatic rings. The van der Waals surface area contributed by atoms with E-state index in [1.165, 1.54) is 30.3 Å². The minimum atomic E-state index is -0.497. The van der Waals surface area contributed by atoms with E-state index in [0.717, 1.165) is 11.3 Å². The number of carbonyl (C=O) groups is 1. The predicted molar refractivity (Wildman–Crippen MR) is 84.1 cm³/mol. The molecule has 2 rings (SSSR count). The highest BCUT2D eigenvalue weighted by Gasteiger charge is 2.07. The SMILES string of the molecule is CCOc1cccc(C=CC(=O)c2ccc([N+](=O)[O-])cc2)c1. The van der Waals surface area contributed by atoms with Crippen molar-refractivity contribution >= 4 is 17.5 Å². The van der Waals surface area contributed by atoms with Crippen LogP contribution in [0.4, 0.5) is 5.69 Å². The lowest BCUT2D eigenvalue weighted by molar-refractivity contribution is -0.384. The van der Waals surface area contributed by atoms with E-state index in [2.05, 4.69) is 0 Å². The molecular weight excluding hydrogens is 282 g/mol. The molecule has 0 atom stereocenters. The van der Waals surface area contributed by atoms with Crippen LogP contribution in [0.3, 0.4) is 0 Å². The fourth-order valence-electron chi connectivity index (χ4n) is 1.89. The van der Waals surface area contributed by atoms with Crippen LogP contribution < -0.4 is 4.74 Å². The average Bonchev–Trinajstić information content (AvgIpc) is 2.53. The summed E-state index contributed by atoms with van der Waals surface area (Å²) in [6, 6.07) is 12.9. The number of hydrogen-bond acceptors (Lipinski definition) is 4. The number of nitrogens with zero attached hydrogens (tertiary/aromatic N) is 1. The van der Waals surface area contributed by atoms with Crippen LogP contribution >= 0.6 is 0 Å². The summed E-state index contributed by atoms with van der Waals surface area (Å²) in [5.74, 6) is 0.532. The lowest BCUT2D eigenvalue weighted by Gasteiger charge is -2.03. The Bertz CT molecular complexity index is 705. The van der Waals surface area contributed by atoms with Crippen LogP contribution in [0.5, 0.6) is 5.75 Å². The Morgan fingerprint density at radius 3 is 2.59 bits per heavy atom. The van der Waals surface area contributed by atoms with E-state index >= 15 is 0 Å². The highest BCUT2D eigenvalue weighted by Crippen LogP contribution is 2.16. The van der Waals surface area contributed by atoms with E-state index in [1.807, 2.05) is 31.2 Å². The number of nitro benzene ring substituents is 1. The van der Waals surface area contributed by atoms with Gasteiger partial charge in [-0.05, 0) is 42.8 Å². The third kappa shape index (κ3) is 4.02. The molecule has 2 aromatic carbocycles. The van der Waals surface area contributed by atoms with E-state index in [0.29, 0.717) is 12.2 Å². The summed E-state index contributed by atoms with van der Waals surface area (Å²) in [4.78, 5) is 22.1. The van der Waals surface area contributed by atoms with Crippen LogP contribution in [-0.4, -0.2) is 17.3 Å². The summed E-state index contributed by atoms with van der Waals surface area (Å²) in [5, 5.41) is 10.6. The molecule has 0 saturated carbocycles. The lowest BCUT2D eigenvalue weighted by Crippen LogP contribution is -1.95. The number of nitro groups is 1. The van der Waals surface area contributed by atoms with Gasteiger partial charge in [-0.2, -0.15) is 0 Å². The molecule has 0 aliphatic heterocycles. The molecule has 0 aromatic heterocycles. The molecule has 112 valence electrons. The van der Waals surface area contributed by atoms with E-state index in [1.54, 1.807) is 6.08 Å². The highest BCUT2D eigenvalue weighted by atomic mass is 16.6. The third-order valence-electron chi connectivity index (χ3n) is 2.96. The number of ketones is 1. The first-order valence-electron chi connectivity index (χ1n) is 6.80. The van der Waals surface area contributed by atoms with Crippen LogP contribution in [0.15, 0.2) is 54.6 Å². The topological polar surface area (TPSA) is 69.4 Å². The third-order valence-corrected chi connectivity index (χ3v) is 2.96. The Kier molecular flexibility index (Phi) is 5.03. The molecule has 5 nitrogen and oxygen atoms in total. The summed E-state index contributed by atoms with van der Waals surface area (Å²) >= 11 is 0. The fraction of sp³-hybridized carbons (Fsp3) is 0.118. The summed E-state index contributed by atoms with van der Waals surface area (Å²) in [5.41, 5.74) is 1.22. The summed E-state index contributed by atoms with van der Waals surface area (Å²) in [6.45, 7) is 2.48. The second-order valence-corrected chi connectivity index (χ2v) is 4.51. The maximum Gasteiger partial charge on any atom is 0.269 e. The molecule has 0 N–H and O–H groups in total. The number of allylic oxidation sites excluding steroid dienone is 1. The largest absolute Gasteiger partial charge is 0.494 e. The summed E-state index contributed by atoms with van der Waals surface area (Å²) in [6.07, 6.45) is 3.12. The van der Waals surface area contributed by atoms with Gasteiger partial charge in [0.05, 0.1) is 11.5 Å². The van der Waals surface area contributed by atoms with E-state index in [4.69, 9.17) is 4.74 Å². The van der Waals surface area contributed by atoms with Gasteiger partial charge >= 0.3 is 0 Å². The van der Waals surface area contributed by atoms with E-state index < -0.39 is 4.92 Å². The summed E-state index contributed by atoms with van der Waals surface area (Å²) < 4.78 is 5.39. The van der Waals surface area contributed by atoms with E-state index in [9.17, 15) is 14.9 Å². The number of carbonyl (C=O) groups excluding carboxylic acids is 1. The van der Waals surface area contributed by atoms with Crippen LogP contribution in [-0.2, 0) is 0 Å². The number of ether oxygens (including phenoxy) is 1. The van der Waals surface area contributed by atoms with Gasteiger partial charge < -0.3 is 4.74 Å². The Labute approximate surface area is 128 Å². The lowest BCUT2D eigenvalue weighted by atomic mass is 10.1. The monoisotopic (exact) mass is 297 g/mol. The molecule has 0 amide bonds. The van der Waals surface area contributed by atoms with Crippen molar-refractivity contribution in [2.24, 2.45) is 0 Å². The zero-order chi connectivity index (χ0) is 15.9. The highest BCUT2D eigenvalue weighted by molar-refractivity contribution is 6.06. The molecule has 0 aliphatic carbocycles. The Morgan fingerprint density at radius 2 is 1.95 bits per heavy atom. The van der Waals surface area contributed by atoms with Gasteiger partial charge in [0.15, 0.2) is 5.78 Å². The van der Waals surface area contributed by atoms with Crippen LogP contribution in [0.25, 0.3) is 6.08 Å². The molecule has 0 spiro atoms. The van der Waals surface area contributed by atoms with Crippen molar-refractivity contribution in [2.45, 2.75) is 6.92 Å². The second kappa shape index (κ2) is 7.17. The minimum Gasteiger partial charge on any atom is -0.494 e. The predicted octanol–water partition coefficient (Wildman–Crippen LogP) is 3.89. The van der Waals surface area contributed by atoms with Crippen molar-refractivity contribution in [1.82, 2.24) is 0 Å². The fourth-order valence-corrected chi connectivity index (χ4v) is 1.89. The molecule has 0 saturated heterocycles. The molecule has 0 fully saturated rings. The quantitative estimate of drug-likeness (QED) is 0.351. The number of non-ortho nitro benzene ring substituents is 1. The zero-order valence-corrected chi connectivity index (χ0v) is 12.1. The molecule has 5 heteroatoms. The standard InChI is InChI=1S/C17H15NO4/c1-2-22-16-5-3-4-13(12-16)6-11-17(19)14-7-9-15(10-8-14)18(20)21/h3-12H,2H2,1H3. The van der Waals surface area contributed by atoms with Gasteiger partial charge in [-0.3, -0.25) is 14.9 Å². The Hall–Kier alpha value is -2.95.